The minimum Gasteiger partial charge on any atom is -0.616 e. The predicted octanol–water partition coefficient (Wildman–Crippen LogP) is 0.165. The molecule has 2 N–H and O–H groups in total. The van der Waals surface area contributed by atoms with Crippen molar-refractivity contribution < 1.29 is 22.1 Å². The molecule has 0 saturated carbocycles. The number of anilines is 1. The van der Waals surface area contributed by atoms with Gasteiger partial charge in [0.25, 0.3) is 0 Å². The normalized spacial score (nSPS) is 16.0. The van der Waals surface area contributed by atoms with Crippen molar-refractivity contribution in [2.45, 2.75) is 26.7 Å². The highest BCUT2D eigenvalue weighted by Crippen LogP contribution is 2.18. The Balaban J connectivity index is 0.000000399. The molecule has 0 bridgehead atoms. The van der Waals surface area contributed by atoms with Crippen LogP contribution in [-0.4, -0.2) is 66.3 Å². The van der Waals surface area contributed by atoms with Gasteiger partial charge >= 0.3 is 10.4 Å². The maximum atomic E-state index is 11.5. The van der Waals surface area contributed by atoms with E-state index in [0.29, 0.717) is 0 Å². The molecular weight excluding hydrogens is 370 g/mol. The van der Waals surface area contributed by atoms with Crippen molar-refractivity contribution in [3.8, 4) is 0 Å². The fourth-order valence-electron chi connectivity index (χ4n) is 2.39. The van der Waals surface area contributed by atoms with Crippen molar-refractivity contribution in [3.63, 3.8) is 0 Å². The topological polar surface area (TPSA) is 144 Å². The van der Waals surface area contributed by atoms with Gasteiger partial charge in [0, 0.05) is 18.9 Å². The van der Waals surface area contributed by atoms with Gasteiger partial charge in [-0.05, 0) is 0 Å². The van der Waals surface area contributed by atoms with Crippen LogP contribution in [0.15, 0.2) is 6.07 Å². The van der Waals surface area contributed by atoms with Gasteiger partial charge in [-0.15, -0.1) is 5.10 Å². The fraction of sp³-hybridized carbons (Fsp3) is 0.615. The molecule has 1 aliphatic rings. The Hall–Kier alpha value is -1.47. The second-order valence-electron chi connectivity index (χ2n) is 5.32. The molecule has 0 spiro atoms. The molecular formula is C13H21N5O5S2. The lowest BCUT2D eigenvalue weighted by atomic mass is 10.4. The molecule has 2 aromatic heterocycles. The Morgan fingerprint density at radius 1 is 1.20 bits per heavy atom. The summed E-state index contributed by atoms with van der Waals surface area (Å²) in [6.07, 6.45) is 1.64. The summed E-state index contributed by atoms with van der Waals surface area (Å²) in [5.74, 6) is 4.15. The molecule has 0 atom stereocenters. The van der Waals surface area contributed by atoms with E-state index in [1.165, 1.54) is 0 Å². The first-order valence-corrected chi connectivity index (χ1v) is 10.6. The summed E-state index contributed by atoms with van der Waals surface area (Å²) >= 11 is -0.669. The molecule has 3 rings (SSSR count). The monoisotopic (exact) mass is 391 g/mol. The third-order valence-electron chi connectivity index (χ3n) is 3.56. The maximum absolute atomic E-state index is 11.5. The molecule has 2 aromatic rings. The molecule has 0 aliphatic carbocycles. The molecule has 25 heavy (non-hydrogen) atoms. The molecule has 1 aliphatic heterocycles. The lowest BCUT2D eigenvalue weighted by Gasteiger charge is -2.29. The number of hydrogen-bond acceptors (Lipinski definition) is 7. The van der Waals surface area contributed by atoms with Crippen LogP contribution < -0.4 is 4.90 Å². The zero-order valence-corrected chi connectivity index (χ0v) is 15.6. The van der Waals surface area contributed by atoms with Crippen LogP contribution in [0.1, 0.15) is 25.5 Å². The van der Waals surface area contributed by atoms with Crippen molar-refractivity contribution in [1.82, 2.24) is 19.6 Å². The Labute approximate surface area is 149 Å². The van der Waals surface area contributed by atoms with Crippen LogP contribution >= 0.6 is 0 Å². The minimum atomic E-state index is -4.67. The molecule has 0 aromatic carbocycles. The quantitative estimate of drug-likeness (QED) is 0.552. The molecule has 140 valence electrons. The molecule has 3 heterocycles. The highest BCUT2D eigenvalue weighted by atomic mass is 32.3. The Kier molecular flexibility index (Phi) is 6.57. The first-order chi connectivity index (χ1) is 11.7. The largest absolute Gasteiger partial charge is 0.616 e. The summed E-state index contributed by atoms with van der Waals surface area (Å²) in [5, 5.41) is 4.48. The van der Waals surface area contributed by atoms with Crippen molar-refractivity contribution in [2.24, 2.45) is 0 Å². The zero-order chi connectivity index (χ0) is 18.6. The van der Waals surface area contributed by atoms with Crippen LogP contribution in [0.5, 0.6) is 0 Å². The number of aromatic nitrogens is 4. The van der Waals surface area contributed by atoms with E-state index >= 15 is 0 Å². The van der Waals surface area contributed by atoms with E-state index in [1.54, 1.807) is 0 Å². The van der Waals surface area contributed by atoms with Crippen molar-refractivity contribution in [1.29, 1.82) is 0 Å². The number of fused-ring (bicyclic) bond motifs is 1. The summed E-state index contributed by atoms with van der Waals surface area (Å²) in [5.41, 5.74) is 0.857. The van der Waals surface area contributed by atoms with Crippen LogP contribution in [0, 0.1) is 0 Å². The van der Waals surface area contributed by atoms with Gasteiger partial charge in [0.2, 0.25) is 0 Å². The van der Waals surface area contributed by atoms with Gasteiger partial charge < -0.3 is 9.45 Å². The second-order valence-corrected chi connectivity index (χ2v) is 7.91. The van der Waals surface area contributed by atoms with Gasteiger partial charge in [-0.3, -0.25) is 9.11 Å². The van der Waals surface area contributed by atoms with Gasteiger partial charge in [-0.1, -0.05) is 25.0 Å². The van der Waals surface area contributed by atoms with Crippen LogP contribution in [0.4, 0.5) is 5.82 Å². The van der Waals surface area contributed by atoms with Crippen molar-refractivity contribution in [2.75, 3.05) is 29.5 Å². The van der Waals surface area contributed by atoms with Gasteiger partial charge in [0.15, 0.2) is 11.5 Å². The maximum Gasteiger partial charge on any atom is 0.394 e. The summed E-state index contributed by atoms with van der Waals surface area (Å²) in [6, 6.07) is 1.99. The summed E-state index contributed by atoms with van der Waals surface area (Å²) in [4.78, 5) is 11.4. The minimum absolute atomic E-state index is 0.669. The Bertz CT molecular complexity index is 810. The molecule has 12 heteroatoms. The Morgan fingerprint density at radius 3 is 2.32 bits per heavy atom. The van der Waals surface area contributed by atoms with Gasteiger partial charge in [-0.25, -0.2) is 9.97 Å². The Morgan fingerprint density at radius 2 is 1.80 bits per heavy atom. The standard InChI is InChI=1S/C13H19N5OS.H2O4S/c1-3-10-14-13-9-12(15-11(4-2)18(13)16-10)17-5-7-20(19)8-6-17;1-5(2,3)4/h9H,3-8H2,1-2H3;(H2,1,2,3,4). The molecule has 0 unspecified atom stereocenters. The average molecular weight is 391 g/mol. The number of hydrogen-bond donors (Lipinski definition) is 2. The number of rotatable bonds is 3. The van der Waals surface area contributed by atoms with E-state index in [0.717, 1.165) is 60.6 Å². The lowest BCUT2D eigenvalue weighted by Crippen LogP contribution is -2.40. The first-order valence-electron chi connectivity index (χ1n) is 7.76. The van der Waals surface area contributed by atoms with E-state index in [2.05, 4.69) is 28.8 Å². The zero-order valence-electron chi connectivity index (χ0n) is 14.0. The van der Waals surface area contributed by atoms with Gasteiger partial charge in [-0.2, -0.15) is 12.9 Å². The highest BCUT2D eigenvalue weighted by molar-refractivity contribution is 7.91. The number of aryl methyl sites for hydroxylation is 2. The molecule has 10 nitrogen and oxygen atoms in total. The third kappa shape index (κ3) is 5.78. The average Bonchev–Trinajstić information content (AvgIpc) is 2.96. The van der Waals surface area contributed by atoms with E-state index < -0.39 is 21.6 Å². The third-order valence-corrected chi connectivity index (χ3v) is 4.83. The van der Waals surface area contributed by atoms with Gasteiger partial charge in [0.05, 0.1) is 13.1 Å². The van der Waals surface area contributed by atoms with Crippen LogP contribution in [0.2, 0.25) is 0 Å². The van der Waals surface area contributed by atoms with Crippen molar-refractivity contribution in [3.05, 3.63) is 17.7 Å². The van der Waals surface area contributed by atoms with Crippen LogP contribution in [0.3, 0.4) is 0 Å². The lowest BCUT2D eigenvalue weighted by molar-refractivity contribution is 0.381. The second kappa shape index (κ2) is 8.27. The predicted molar refractivity (Wildman–Crippen MR) is 93.8 cm³/mol. The number of nitrogens with zero attached hydrogens (tertiary/aromatic N) is 5. The van der Waals surface area contributed by atoms with Crippen LogP contribution in [0.25, 0.3) is 5.65 Å². The smallest absolute Gasteiger partial charge is 0.394 e. The van der Waals surface area contributed by atoms with Crippen molar-refractivity contribution >= 4 is 33.0 Å². The summed E-state index contributed by atoms with van der Waals surface area (Å²) < 4.78 is 44.9. The van der Waals surface area contributed by atoms with Crippen LogP contribution in [-0.2, 0) is 34.4 Å². The van der Waals surface area contributed by atoms with E-state index in [-0.39, 0.29) is 0 Å². The van der Waals surface area contributed by atoms with E-state index in [9.17, 15) is 4.55 Å². The fourth-order valence-corrected chi connectivity index (χ4v) is 3.44. The molecule has 0 radical (unpaired) electrons. The summed E-state index contributed by atoms with van der Waals surface area (Å²) in [6.45, 7) is 5.72. The first kappa shape index (κ1) is 19.8. The highest BCUT2D eigenvalue weighted by Gasteiger charge is 2.22. The molecule has 1 fully saturated rings. The molecule has 1 saturated heterocycles. The molecule has 0 amide bonds. The van der Waals surface area contributed by atoms with E-state index in [1.807, 2.05) is 10.6 Å². The van der Waals surface area contributed by atoms with Gasteiger partial charge in [0.1, 0.15) is 23.1 Å². The SMILES string of the molecule is CCc1nc2cc(N3CC[S+]([O-])CC3)nc(CC)n2n1.O=S(=O)(O)O. The summed E-state index contributed by atoms with van der Waals surface area (Å²) in [7, 11) is -4.67. The van der Waals surface area contributed by atoms with E-state index in [4.69, 9.17) is 22.5 Å².